The second-order valence-corrected chi connectivity index (χ2v) is 10.0. The highest BCUT2D eigenvalue weighted by Gasteiger charge is 2.34. The largest absolute Gasteiger partial charge is 0.369 e. The number of hydrogen-bond donors (Lipinski definition) is 0. The number of piperazine rings is 1. The molecular weight excluding hydrogens is 375 g/mol. The van der Waals surface area contributed by atoms with Crippen molar-refractivity contribution in [1.29, 1.82) is 0 Å². The van der Waals surface area contributed by atoms with Gasteiger partial charge >= 0.3 is 0 Å². The lowest BCUT2D eigenvalue weighted by Crippen LogP contribution is -2.54. The topological polar surface area (TPSA) is 40.6 Å². The Kier molecular flexibility index (Phi) is 5.82. The summed E-state index contributed by atoms with van der Waals surface area (Å²) in [5.41, 5.74) is 2.08. The van der Waals surface area contributed by atoms with Crippen LogP contribution in [0.3, 0.4) is 0 Å². The molecule has 0 amide bonds. The molecule has 0 bridgehead atoms. The predicted octanol–water partition coefficient (Wildman–Crippen LogP) is 4.41. The zero-order valence-electron chi connectivity index (χ0n) is 17.0. The molecule has 1 saturated heterocycles. The quantitative estimate of drug-likeness (QED) is 0.741. The predicted molar refractivity (Wildman–Crippen MR) is 112 cm³/mol. The smallest absolute Gasteiger partial charge is 0.243 e. The standard InChI is InChI=1S/C22H29FN2O2S/c1-5-22(3,4)18-6-12-21(13-7-18)28(26,27)25-15-14-24(16-17(25)2)20-10-8-19(23)9-11-20/h6-13,17H,5,14-16H2,1-4H3. The first-order valence-electron chi connectivity index (χ1n) is 9.78. The Hall–Kier alpha value is -1.92. The molecule has 1 heterocycles. The summed E-state index contributed by atoms with van der Waals surface area (Å²) in [4.78, 5) is 2.44. The minimum absolute atomic E-state index is 0.0242. The van der Waals surface area contributed by atoms with Crippen molar-refractivity contribution in [3.8, 4) is 0 Å². The molecule has 4 nitrogen and oxygen atoms in total. The normalized spacial score (nSPS) is 19.0. The molecule has 2 aromatic carbocycles. The number of benzene rings is 2. The van der Waals surface area contributed by atoms with Crippen molar-refractivity contribution < 1.29 is 12.8 Å². The highest BCUT2D eigenvalue weighted by molar-refractivity contribution is 7.89. The number of sulfonamides is 1. The Morgan fingerprint density at radius 3 is 2.18 bits per heavy atom. The summed E-state index contributed by atoms with van der Waals surface area (Å²) < 4.78 is 41.1. The molecule has 1 fully saturated rings. The summed E-state index contributed by atoms with van der Waals surface area (Å²) >= 11 is 0. The minimum atomic E-state index is -3.55. The van der Waals surface area contributed by atoms with Crippen molar-refractivity contribution in [2.24, 2.45) is 0 Å². The first-order chi connectivity index (χ1) is 13.1. The van der Waals surface area contributed by atoms with E-state index in [1.165, 1.54) is 12.1 Å². The van der Waals surface area contributed by atoms with Crippen LogP contribution in [0.1, 0.15) is 39.7 Å². The Morgan fingerprint density at radius 2 is 1.64 bits per heavy atom. The lowest BCUT2D eigenvalue weighted by molar-refractivity contribution is 0.306. The summed E-state index contributed by atoms with van der Waals surface area (Å²) in [5.74, 6) is -0.271. The van der Waals surface area contributed by atoms with E-state index in [0.717, 1.165) is 17.7 Å². The van der Waals surface area contributed by atoms with E-state index < -0.39 is 10.0 Å². The first-order valence-corrected chi connectivity index (χ1v) is 11.2. The van der Waals surface area contributed by atoms with Gasteiger partial charge in [-0.1, -0.05) is 32.9 Å². The van der Waals surface area contributed by atoms with Gasteiger partial charge in [0, 0.05) is 31.4 Å². The highest BCUT2D eigenvalue weighted by Crippen LogP contribution is 2.29. The molecule has 0 saturated carbocycles. The van der Waals surface area contributed by atoms with Gasteiger partial charge in [-0.05, 0) is 60.7 Å². The van der Waals surface area contributed by atoms with Crippen molar-refractivity contribution in [3.05, 3.63) is 59.9 Å². The van der Waals surface area contributed by atoms with Crippen molar-refractivity contribution in [2.75, 3.05) is 24.5 Å². The van der Waals surface area contributed by atoms with Crippen LogP contribution in [0.4, 0.5) is 10.1 Å². The van der Waals surface area contributed by atoms with Crippen LogP contribution in [0.25, 0.3) is 0 Å². The van der Waals surface area contributed by atoms with Crippen LogP contribution in [-0.2, 0) is 15.4 Å². The van der Waals surface area contributed by atoms with Gasteiger partial charge in [0.2, 0.25) is 10.0 Å². The third-order valence-corrected chi connectivity index (χ3v) is 7.91. The van der Waals surface area contributed by atoms with Crippen LogP contribution in [0.5, 0.6) is 0 Å². The molecule has 1 unspecified atom stereocenters. The van der Waals surface area contributed by atoms with Crippen LogP contribution in [0, 0.1) is 5.82 Å². The fourth-order valence-electron chi connectivity index (χ4n) is 3.60. The summed E-state index contributed by atoms with van der Waals surface area (Å²) in [6.07, 6.45) is 0.988. The molecule has 0 spiro atoms. The maximum atomic E-state index is 13.2. The fraction of sp³-hybridized carbons (Fsp3) is 0.455. The van der Waals surface area contributed by atoms with Crippen LogP contribution in [0.2, 0.25) is 0 Å². The number of anilines is 1. The SMILES string of the molecule is CCC(C)(C)c1ccc(S(=O)(=O)N2CCN(c3ccc(F)cc3)CC2C)cc1. The van der Waals surface area contributed by atoms with Crippen LogP contribution < -0.4 is 4.90 Å². The molecule has 28 heavy (non-hydrogen) atoms. The Balaban J connectivity index is 1.77. The molecule has 6 heteroatoms. The molecule has 3 rings (SSSR count). The number of rotatable bonds is 5. The molecule has 152 valence electrons. The van der Waals surface area contributed by atoms with Crippen LogP contribution >= 0.6 is 0 Å². The van der Waals surface area contributed by atoms with Gasteiger partial charge in [-0.2, -0.15) is 4.31 Å². The summed E-state index contributed by atoms with van der Waals surface area (Å²) in [7, 11) is -3.55. The Morgan fingerprint density at radius 1 is 1.04 bits per heavy atom. The van der Waals surface area contributed by atoms with Gasteiger partial charge in [0.25, 0.3) is 0 Å². The van der Waals surface area contributed by atoms with Gasteiger partial charge in [-0.3, -0.25) is 0 Å². The van der Waals surface area contributed by atoms with E-state index in [-0.39, 0.29) is 17.3 Å². The van der Waals surface area contributed by atoms with E-state index in [2.05, 4.69) is 25.7 Å². The Labute approximate surface area is 168 Å². The molecule has 0 aliphatic carbocycles. The summed E-state index contributed by atoms with van der Waals surface area (Å²) in [6.45, 7) is 9.93. The van der Waals surface area contributed by atoms with Crippen molar-refractivity contribution >= 4 is 15.7 Å². The minimum Gasteiger partial charge on any atom is -0.369 e. The van der Waals surface area contributed by atoms with E-state index in [1.807, 2.05) is 19.1 Å². The van der Waals surface area contributed by atoms with Gasteiger partial charge in [-0.15, -0.1) is 0 Å². The maximum Gasteiger partial charge on any atom is 0.243 e. The molecule has 1 aliphatic rings. The Bertz CT molecular complexity index is 909. The monoisotopic (exact) mass is 404 g/mol. The molecular formula is C22H29FN2O2S. The zero-order valence-corrected chi connectivity index (χ0v) is 17.8. The molecule has 2 aromatic rings. The van der Waals surface area contributed by atoms with E-state index in [1.54, 1.807) is 28.6 Å². The summed E-state index contributed by atoms with van der Waals surface area (Å²) in [5, 5.41) is 0. The second-order valence-electron chi connectivity index (χ2n) is 8.15. The zero-order chi connectivity index (χ0) is 20.5. The van der Waals surface area contributed by atoms with Gasteiger partial charge in [0.1, 0.15) is 5.82 Å². The molecule has 1 aliphatic heterocycles. The van der Waals surface area contributed by atoms with Crippen molar-refractivity contribution in [2.45, 2.75) is 50.5 Å². The second kappa shape index (κ2) is 7.84. The average Bonchev–Trinajstić information content (AvgIpc) is 2.68. The number of hydrogen-bond acceptors (Lipinski definition) is 3. The molecule has 1 atom stereocenters. The third-order valence-electron chi connectivity index (χ3n) is 5.88. The lowest BCUT2D eigenvalue weighted by atomic mass is 9.82. The first kappa shape index (κ1) is 20.8. The van der Waals surface area contributed by atoms with Gasteiger partial charge < -0.3 is 4.90 Å². The highest BCUT2D eigenvalue weighted by atomic mass is 32.2. The number of nitrogens with zero attached hydrogens (tertiary/aromatic N) is 2. The van der Waals surface area contributed by atoms with E-state index in [4.69, 9.17) is 0 Å². The van der Waals surface area contributed by atoms with Crippen molar-refractivity contribution in [1.82, 2.24) is 4.31 Å². The van der Waals surface area contributed by atoms with Gasteiger partial charge in [0.05, 0.1) is 4.90 Å². The molecule has 0 aromatic heterocycles. The number of halogens is 1. The summed E-state index contributed by atoms with van der Waals surface area (Å²) in [6, 6.07) is 13.5. The lowest BCUT2D eigenvalue weighted by Gasteiger charge is -2.40. The van der Waals surface area contributed by atoms with Crippen molar-refractivity contribution in [3.63, 3.8) is 0 Å². The van der Waals surface area contributed by atoms with E-state index >= 15 is 0 Å². The van der Waals surface area contributed by atoms with E-state index in [0.29, 0.717) is 24.5 Å². The van der Waals surface area contributed by atoms with E-state index in [9.17, 15) is 12.8 Å². The fourth-order valence-corrected chi connectivity index (χ4v) is 5.22. The third kappa shape index (κ3) is 4.08. The van der Waals surface area contributed by atoms with Crippen LogP contribution in [0.15, 0.2) is 53.4 Å². The van der Waals surface area contributed by atoms with Gasteiger partial charge in [0.15, 0.2) is 0 Å². The molecule has 0 radical (unpaired) electrons. The maximum absolute atomic E-state index is 13.2. The molecule has 0 N–H and O–H groups in total. The van der Waals surface area contributed by atoms with Gasteiger partial charge in [-0.25, -0.2) is 12.8 Å². The van der Waals surface area contributed by atoms with Crippen LogP contribution in [-0.4, -0.2) is 38.4 Å². The average molecular weight is 405 g/mol.